The van der Waals surface area contributed by atoms with Crippen LogP contribution < -0.4 is 0 Å². The maximum absolute atomic E-state index is 12.7. The quantitative estimate of drug-likeness (QED) is 0.770. The van der Waals surface area contributed by atoms with Gasteiger partial charge in [-0.25, -0.2) is 0 Å². The third-order valence-corrected chi connectivity index (χ3v) is 6.74. The lowest BCUT2D eigenvalue weighted by molar-refractivity contribution is -0.116. The molecule has 0 aliphatic heterocycles. The molecule has 0 aromatic carbocycles. The summed E-state index contributed by atoms with van der Waals surface area (Å²) in [7, 11) is 1.61. The maximum atomic E-state index is 12.7. The number of carbonyl (C=O) groups excluding carboxylic acids is 1. The van der Waals surface area contributed by atoms with E-state index in [-0.39, 0.29) is 30.1 Å². The molecule has 4 heteroatoms. The summed E-state index contributed by atoms with van der Waals surface area (Å²) >= 11 is 0. The number of hydrogen-bond acceptors (Lipinski definition) is 4. The van der Waals surface area contributed by atoms with Crippen molar-refractivity contribution in [1.82, 2.24) is 0 Å². The predicted molar refractivity (Wildman–Crippen MR) is 97.0 cm³/mol. The van der Waals surface area contributed by atoms with Crippen LogP contribution in [-0.2, 0) is 9.53 Å². The molecule has 0 amide bonds. The summed E-state index contributed by atoms with van der Waals surface area (Å²) < 4.78 is 5.30. The average molecular weight is 348 g/mol. The molecule has 4 nitrogen and oxygen atoms in total. The van der Waals surface area contributed by atoms with Gasteiger partial charge in [0.1, 0.15) is 5.60 Å². The van der Waals surface area contributed by atoms with Crippen molar-refractivity contribution < 1.29 is 19.7 Å². The van der Waals surface area contributed by atoms with Gasteiger partial charge in [-0.15, -0.1) is 0 Å². The van der Waals surface area contributed by atoms with Crippen LogP contribution in [0.25, 0.3) is 0 Å². The van der Waals surface area contributed by atoms with Crippen LogP contribution in [0.3, 0.4) is 0 Å². The van der Waals surface area contributed by atoms with E-state index in [0.717, 1.165) is 23.1 Å². The first-order valence-corrected chi connectivity index (χ1v) is 9.52. The Bertz CT molecular complexity index is 632. The molecule has 0 bridgehead atoms. The Labute approximate surface area is 151 Å². The number of carbonyl (C=O) groups is 1. The Hall–Kier alpha value is -0.970. The van der Waals surface area contributed by atoms with Gasteiger partial charge in [0.05, 0.1) is 12.7 Å². The highest BCUT2D eigenvalue weighted by Gasteiger charge is 2.51. The molecule has 0 heterocycles. The van der Waals surface area contributed by atoms with Crippen LogP contribution in [-0.4, -0.2) is 41.4 Å². The van der Waals surface area contributed by atoms with E-state index < -0.39 is 17.1 Å². The standard InChI is InChI=1S/C21H32O4/c1-12(2)19-15-8-17(22)13(3)14-6-7-21(24,11-25-5)16(14)9-20(15,4)10-18(19)23/h9,12-14,17,22,24H,6-8,10-11H2,1-5H3/b16-9+/t13-,14+,17?,20?,21+/m1/s1. The van der Waals surface area contributed by atoms with Gasteiger partial charge in [-0.05, 0) is 48.2 Å². The van der Waals surface area contributed by atoms with Crippen LogP contribution in [0.15, 0.2) is 22.8 Å². The third-order valence-electron chi connectivity index (χ3n) is 6.74. The zero-order valence-corrected chi connectivity index (χ0v) is 16.1. The van der Waals surface area contributed by atoms with Gasteiger partial charge in [0.2, 0.25) is 0 Å². The molecule has 1 fully saturated rings. The monoisotopic (exact) mass is 348 g/mol. The summed E-state index contributed by atoms with van der Waals surface area (Å²) in [5.41, 5.74) is 1.54. The molecule has 5 atom stereocenters. The summed E-state index contributed by atoms with van der Waals surface area (Å²) in [6.45, 7) is 8.52. The predicted octanol–water partition coefficient (Wildman–Crippen LogP) is 3.03. The highest BCUT2D eigenvalue weighted by Crippen LogP contribution is 2.54. The number of methoxy groups -OCH3 is 1. The molecule has 2 N–H and O–H groups in total. The van der Waals surface area contributed by atoms with Crippen LogP contribution in [0, 0.1) is 23.2 Å². The van der Waals surface area contributed by atoms with Crippen LogP contribution in [0.1, 0.15) is 53.4 Å². The van der Waals surface area contributed by atoms with E-state index >= 15 is 0 Å². The Morgan fingerprint density at radius 2 is 2.08 bits per heavy atom. The van der Waals surface area contributed by atoms with Crippen LogP contribution >= 0.6 is 0 Å². The first kappa shape index (κ1) is 18.8. The molecule has 0 aromatic rings. The fourth-order valence-electron chi connectivity index (χ4n) is 5.39. The minimum atomic E-state index is -0.984. The van der Waals surface area contributed by atoms with E-state index in [0.29, 0.717) is 19.3 Å². The zero-order valence-electron chi connectivity index (χ0n) is 16.1. The van der Waals surface area contributed by atoms with E-state index in [1.54, 1.807) is 7.11 Å². The largest absolute Gasteiger partial charge is 0.392 e. The van der Waals surface area contributed by atoms with E-state index in [1.165, 1.54) is 0 Å². The van der Waals surface area contributed by atoms with Crippen LogP contribution in [0.5, 0.6) is 0 Å². The Morgan fingerprint density at radius 1 is 1.40 bits per heavy atom. The number of ketones is 1. The highest BCUT2D eigenvalue weighted by atomic mass is 16.5. The van der Waals surface area contributed by atoms with Gasteiger partial charge in [-0.3, -0.25) is 4.79 Å². The number of aliphatic hydroxyl groups excluding tert-OH is 1. The molecule has 25 heavy (non-hydrogen) atoms. The summed E-state index contributed by atoms with van der Waals surface area (Å²) in [6, 6.07) is 0. The lowest BCUT2D eigenvalue weighted by Gasteiger charge is -2.38. The van der Waals surface area contributed by atoms with Crippen LogP contribution in [0.2, 0.25) is 0 Å². The first-order valence-electron chi connectivity index (χ1n) is 9.52. The van der Waals surface area contributed by atoms with Crippen molar-refractivity contribution in [2.45, 2.75) is 65.1 Å². The Kier molecular flexibility index (Phi) is 4.76. The zero-order chi connectivity index (χ0) is 18.6. The molecule has 3 rings (SSSR count). The normalized spacial score (nSPS) is 43.6. The van der Waals surface area contributed by atoms with E-state index in [1.807, 2.05) is 13.8 Å². The smallest absolute Gasteiger partial charge is 0.160 e. The van der Waals surface area contributed by atoms with Gasteiger partial charge >= 0.3 is 0 Å². The number of allylic oxidation sites excluding steroid dienone is 2. The Balaban J connectivity index is 2.18. The third kappa shape index (κ3) is 2.92. The summed E-state index contributed by atoms with van der Waals surface area (Å²) in [4.78, 5) is 12.7. The summed E-state index contributed by atoms with van der Waals surface area (Å²) in [5.74, 6) is 0.544. The minimum Gasteiger partial charge on any atom is -0.392 e. The van der Waals surface area contributed by atoms with Crippen molar-refractivity contribution in [3.05, 3.63) is 22.8 Å². The van der Waals surface area contributed by atoms with Gasteiger partial charge < -0.3 is 14.9 Å². The second-order valence-corrected chi connectivity index (χ2v) is 8.90. The van der Waals surface area contributed by atoms with Gasteiger partial charge in [0.15, 0.2) is 5.78 Å². The van der Waals surface area contributed by atoms with Crippen molar-refractivity contribution >= 4 is 5.78 Å². The number of rotatable bonds is 3. The molecule has 0 saturated heterocycles. The number of hydrogen-bond donors (Lipinski definition) is 2. The van der Waals surface area contributed by atoms with Gasteiger partial charge in [0, 0.05) is 18.9 Å². The molecule has 0 spiro atoms. The number of Topliss-reactive ketones (excluding diaryl/α,β-unsaturated/α-hetero) is 1. The van der Waals surface area contributed by atoms with E-state index in [4.69, 9.17) is 4.74 Å². The maximum Gasteiger partial charge on any atom is 0.160 e. The molecular weight excluding hydrogens is 316 g/mol. The van der Waals surface area contributed by atoms with E-state index in [2.05, 4.69) is 19.9 Å². The van der Waals surface area contributed by atoms with Crippen molar-refractivity contribution in [1.29, 1.82) is 0 Å². The van der Waals surface area contributed by atoms with Gasteiger partial charge in [0.25, 0.3) is 0 Å². The lowest BCUT2D eigenvalue weighted by Crippen LogP contribution is -2.38. The fraction of sp³-hybridized carbons (Fsp3) is 0.762. The fourth-order valence-corrected chi connectivity index (χ4v) is 5.39. The van der Waals surface area contributed by atoms with E-state index in [9.17, 15) is 15.0 Å². The summed E-state index contributed by atoms with van der Waals surface area (Å²) in [5, 5.41) is 22.1. The molecule has 3 aliphatic carbocycles. The molecular formula is C21H32O4. The molecule has 0 aromatic heterocycles. The lowest BCUT2D eigenvalue weighted by atomic mass is 9.69. The number of fused-ring (bicyclic) bond motifs is 2. The summed E-state index contributed by atoms with van der Waals surface area (Å²) in [6.07, 6.45) is 4.16. The van der Waals surface area contributed by atoms with Gasteiger partial charge in [-0.2, -0.15) is 0 Å². The van der Waals surface area contributed by atoms with Crippen molar-refractivity contribution in [2.24, 2.45) is 23.2 Å². The minimum absolute atomic E-state index is 0.0540. The second-order valence-electron chi connectivity index (χ2n) is 8.90. The molecule has 0 radical (unpaired) electrons. The first-order chi connectivity index (χ1) is 11.6. The number of aliphatic hydroxyl groups is 2. The van der Waals surface area contributed by atoms with Crippen LogP contribution in [0.4, 0.5) is 0 Å². The van der Waals surface area contributed by atoms with Gasteiger partial charge in [-0.1, -0.05) is 39.3 Å². The second kappa shape index (κ2) is 6.33. The van der Waals surface area contributed by atoms with Crippen molar-refractivity contribution in [2.75, 3.05) is 13.7 Å². The average Bonchev–Trinajstić information content (AvgIpc) is 2.93. The van der Waals surface area contributed by atoms with Crippen molar-refractivity contribution in [3.8, 4) is 0 Å². The molecule has 140 valence electrons. The van der Waals surface area contributed by atoms with Crippen molar-refractivity contribution in [3.63, 3.8) is 0 Å². The Morgan fingerprint density at radius 3 is 2.68 bits per heavy atom. The SMILES string of the molecule is COC[C@@]1(O)CC[C@@H]2/C1=C\C1(C)CC(=O)C(C(C)C)=C1CC(O)[C@@H]2C. The highest BCUT2D eigenvalue weighted by molar-refractivity contribution is 6.00. The molecule has 3 aliphatic rings. The molecule has 2 unspecified atom stereocenters. The number of ether oxygens (including phenoxy) is 1. The molecule has 1 saturated carbocycles. The topological polar surface area (TPSA) is 66.8 Å².